The number of nitrogens with one attached hydrogen (secondary N) is 1. The quantitative estimate of drug-likeness (QED) is 0.889. The lowest BCUT2D eigenvalue weighted by Crippen LogP contribution is -2.42. The van der Waals surface area contributed by atoms with Crippen LogP contribution in [0.1, 0.15) is 32.6 Å². The lowest BCUT2D eigenvalue weighted by atomic mass is 10.0. The van der Waals surface area contributed by atoms with E-state index in [1.165, 1.54) is 6.42 Å². The topological polar surface area (TPSA) is 61.3 Å². The van der Waals surface area contributed by atoms with Gasteiger partial charge in [-0.05, 0) is 37.1 Å². The Labute approximate surface area is 129 Å². The third-order valence-electron chi connectivity index (χ3n) is 3.95. The van der Waals surface area contributed by atoms with Gasteiger partial charge in [0.2, 0.25) is 5.95 Å². The van der Waals surface area contributed by atoms with E-state index in [1.807, 2.05) is 0 Å². The maximum atomic E-state index is 9.66. The molecule has 5 nitrogen and oxygen atoms in total. The van der Waals surface area contributed by atoms with Gasteiger partial charge in [-0.3, -0.25) is 0 Å². The average molecular weight is 306 g/mol. The normalized spacial score (nSPS) is 19.1. The largest absolute Gasteiger partial charge is 0.394 e. The van der Waals surface area contributed by atoms with Crippen LogP contribution >= 0.6 is 11.3 Å². The summed E-state index contributed by atoms with van der Waals surface area (Å²) in [5, 5.41) is 16.1. The molecular weight excluding hydrogens is 284 g/mol. The third-order valence-corrected chi connectivity index (χ3v) is 4.75. The highest BCUT2D eigenvalue weighted by Crippen LogP contribution is 2.32. The van der Waals surface area contributed by atoms with Gasteiger partial charge < -0.3 is 15.3 Å². The number of hydrogen-bond donors (Lipinski definition) is 2. The fourth-order valence-electron chi connectivity index (χ4n) is 2.84. The minimum absolute atomic E-state index is 0.177. The van der Waals surface area contributed by atoms with Crippen LogP contribution in [0.3, 0.4) is 0 Å². The second-order valence-corrected chi connectivity index (χ2v) is 6.36. The van der Waals surface area contributed by atoms with Gasteiger partial charge >= 0.3 is 0 Å². The molecular formula is C15H22N4OS. The summed E-state index contributed by atoms with van der Waals surface area (Å²) in [6, 6.07) is 2.26. The number of anilines is 2. The number of aliphatic hydroxyl groups excluding tert-OH is 1. The van der Waals surface area contributed by atoms with Crippen molar-refractivity contribution in [2.75, 3.05) is 29.9 Å². The van der Waals surface area contributed by atoms with Crippen LogP contribution in [0.2, 0.25) is 0 Å². The van der Waals surface area contributed by atoms with Crippen molar-refractivity contribution >= 4 is 33.3 Å². The van der Waals surface area contributed by atoms with Crippen LogP contribution in [0.5, 0.6) is 0 Å². The predicted molar refractivity (Wildman–Crippen MR) is 88.3 cm³/mol. The van der Waals surface area contributed by atoms with E-state index in [4.69, 9.17) is 4.98 Å². The van der Waals surface area contributed by atoms with Gasteiger partial charge in [0.25, 0.3) is 0 Å². The summed E-state index contributed by atoms with van der Waals surface area (Å²) in [6.45, 7) is 4.15. The molecule has 2 aromatic rings. The van der Waals surface area contributed by atoms with Crippen LogP contribution < -0.4 is 10.2 Å². The first kappa shape index (κ1) is 14.5. The maximum Gasteiger partial charge on any atom is 0.226 e. The van der Waals surface area contributed by atoms with Crippen LogP contribution in [0.4, 0.5) is 11.8 Å². The summed E-state index contributed by atoms with van der Waals surface area (Å²) in [7, 11) is 0. The first-order chi connectivity index (χ1) is 10.3. The van der Waals surface area contributed by atoms with Crippen LogP contribution in [0.25, 0.3) is 10.2 Å². The molecule has 1 aliphatic rings. The first-order valence-electron chi connectivity index (χ1n) is 7.70. The van der Waals surface area contributed by atoms with Crippen LogP contribution in [-0.4, -0.2) is 40.8 Å². The molecule has 1 fully saturated rings. The molecule has 0 bridgehead atoms. The first-order valence-corrected chi connectivity index (χ1v) is 8.58. The summed E-state index contributed by atoms with van der Waals surface area (Å²) in [6.07, 6.45) is 4.42. The Hall–Kier alpha value is -1.40. The molecule has 0 aromatic carbocycles. The lowest BCUT2D eigenvalue weighted by Gasteiger charge is -2.36. The molecule has 1 atom stereocenters. The Balaban J connectivity index is 2.00. The van der Waals surface area contributed by atoms with Gasteiger partial charge in [0.05, 0.1) is 18.0 Å². The van der Waals surface area contributed by atoms with E-state index in [2.05, 4.69) is 33.6 Å². The van der Waals surface area contributed by atoms with Gasteiger partial charge in [-0.25, -0.2) is 4.98 Å². The molecule has 21 heavy (non-hydrogen) atoms. The number of aliphatic hydroxyl groups is 1. The van der Waals surface area contributed by atoms with Crippen molar-refractivity contribution in [2.24, 2.45) is 0 Å². The number of fused-ring (bicyclic) bond motifs is 1. The minimum Gasteiger partial charge on any atom is -0.394 e. The SMILES string of the molecule is CCCNc1nc(N2CCCCC2CO)c2ccsc2n1. The molecule has 3 rings (SSSR count). The average Bonchev–Trinajstić information content (AvgIpc) is 3.00. The molecule has 1 unspecified atom stereocenters. The fourth-order valence-corrected chi connectivity index (χ4v) is 3.60. The highest BCUT2D eigenvalue weighted by molar-refractivity contribution is 7.16. The molecule has 0 spiro atoms. The maximum absolute atomic E-state index is 9.66. The number of piperidine rings is 1. The smallest absolute Gasteiger partial charge is 0.226 e. The van der Waals surface area contributed by atoms with Crippen molar-refractivity contribution in [3.63, 3.8) is 0 Å². The van der Waals surface area contributed by atoms with Crippen LogP contribution in [0.15, 0.2) is 11.4 Å². The molecule has 1 aliphatic heterocycles. The zero-order chi connectivity index (χ0) is 14.7. The third kappa shape index (κ3) is 2.96. The van der Waals surface area contributed by atoms with Crippen molar-refractivity contribution in [2.45, 2.75) is 38.6 Å². The number of rotatable bonds is 5. The number of nitrogens with zero attached hydrogens (tertiary/aromatic N) is 3. The standard InChI is InChI=1S/C15H22N4OS/c1-2-7-16-15-17-13(12-6-9-21-14(12)18-15)19-8-4-3-5-11(19)10-20/h6,9,11,20H,2-5,7-8,10H2,1H3,(H,16,17,18). The molecule has 0 saturated carbocycles. The Bertz CT molecular complexity index is 600. The van der Waals surface area contributed by atoms with Gasteiger partial charge in [0.1, 0.15) is 10.6 Å². The van der Waals surface area contributed by atoms with E-state index in [-0.39, 0.29) is 12.6 Å². The molecule has 114 valence electrons. The number of thiophene rings is 1. The summed E-state index contributed by atoms with van der Waals surface area (Å²) >= 11 is 1.64. The molecule has 1 saturated heterocycles. The minimum atomic E-state index is 0.177. The molecule has 3 heterocycles. The summed E-state index contributed by atoms with van der Waals surface area (Å²) < 4.78 is 0. The molecule has 2 aromatic heterocycles. The number of hydrogen-bond acceptors (Lipinski definition) is 6. The zero-order valence-electron chi connectivity index (χ0n) is 12.4. The van der Waals surface area contributed by atoms with Gasteiger partial charge in [0, 0.05) is 13.1 Å². The van der Waals surface area contributed by atoms with Crippen molar-refractivity contribution in [3.05, 3.63) is 11.4 Å². The van der Waals surface area contributed by atoms with Crippen LogP contribution in [0, 0.1) is 0 Å². The van der Waals surface area contributed by atoms with Gasteiger partial charge in [-0.2, -0.15) is 4.98 Å². The van der Waals surface area contributed by atoms with Crippen molar-refractivity contribution < 1.29 is 5.11 Å². The Morgan fingerprint density at radius 1 is 1.43 bits per heavy atom. The van der Waals surface area contributed by atoms with E-state index in [9.17, 15) is 5.11 Å². The molecule has 0 aliphatic carbocycles. The molecule has 0 radical (unpaired) electrons. The van der Waals surface area contributed by atoms with Crippen molar-refractivity contribution in [1.82, 2.24) is 9.97 Å². The van der Waals surface area contributed by atoms with Crippen LogP contribution in [-0.2, 0) is 0 Å². The summed E-state index contributed by atoms with van der Waals surface area (Å²) in [5.74, 6) is 1.67. The molecule has 2 N–H and O–H groups in total. The lowest BCUT2D eigenvalue weighted by molar-refractivity contribution is 0.239. The zero-order valence-corrected chi connectivity index (χ0v) is 13.2. The van der Waals surface area contributed by atoms with Gasteiger partial charge in [0.15, 0.2) is 0 Å². The molecule has 0 amide bonds. The summed E-state index contributed by atoms with van der Waals surface area (Å²) in [4.78, 5) is 12.6. The Kier molecular flexibility index (Phi) is 4.55. The Morgan fingerprint density at radius 2 is 2.33 bits per heavy atom. The summed E-state index contributed by atoms with van der Waals surface area (Å²) in [5.41, 5.74) is 0. The van der Waals surface area contributed by atoms with E-state index in [0.29, 0.717) is 5.95 Å². The predicted octanol–water partition coefficient (Wildman–Crippen LogP) is 2.86. The van der Waals surface area contributed by atoms with E-state index in [0.717, 1.165) is 48.4 Å². The highest BCUT2D eigenvalue weighted by Gasteiger charge is 2.25. The highest BCUT2D eigenvalue weighted by atomic mass is 32.1. The monoisotopic (exact) mass is 306 g/mol. The Morgan fingerprint density at radius 3 is 3.14 bits per heavy atom. The second-order valence-electron chi connectivity index (χ2n) is 5.46. The van der Waals surface area contributed by atoms with Gasteiger partial charge in [-0.1, -0.05) is 6.92 Å². The van der Waals surface area contributed by atoms with Crippen molar-refractivity contribution in [1.29, 1.82) is 0 Å². The van der Waals surface area contributed by atoms with E-state index >= 15 is 0 Å². The van der Waals surface area contributed by atoms with Crippen molar-refractivity contribution in [3.8, 4) is 0 Å². The van der Waals surface area contributed by atoms with Gasteiger partial charge in [-0.15, -0.1) is 11.3 Å². The van der Waals surface area contributed by atoms with E-state index < -0.39 is 0 Å². The second kappa shape index (κ2) is 6.58. The van der Waals surface area contributed by atoms with E-state index in [1.54, 1.807) is 11.3 Å². The molecule has 6 heteroatoms. The number of aromatic nitrogens is 2. The fraction of sp³-hybridized carbons (Fsp3) is 0.600.